The van der Waals surface area contributed by atoms with Crippen LogP contribution >= 0.6 is 0 Å². The van der Waals surface area contributed by atoms with Crippen molar-refractivity contribution in [2.24, 2.45) is 5.92 Å². The number of aliphatic hydroxyl groups is 1. The summed E-state index contributed by atoms with van der Waals surface area (Å²) in [5.74, 6) is 0.465. The molecule has 0 bridgehead atoms. The first-order valence-corrected chi connectivity index (χ1v) is 6.54. The minimum absolute atomic E-state index is 0.0355. The van der Waals surface area contributed by atoms with Crippen molar-refractivity contribution >= 4 is 5.91 Å². The van der Waals surface area contributed by atoms with Gasteiger partial charge in [-0.15, -0.1) is 0 Å². The second-order valence-electron chi connectivity index (χ2n) is 5.07. The van der Waals surface area contributed by atoms with Crippen molar-refractivity contribution in [2.75, 3.05) is 6.54 Å². The summed E-state index contributed by atoms with van der Waals surface area (Å²) in [7, 11) is 0. The Labute approximate surface area is 107 Å². The van der Waals surface area contributed by atoms with Gasteiger partial charge in [-0.25, -0.2) is 0 Å². The average molecular weight is 248 g/mol. The Balaban J connectivity index is 1.81. The number of hydrogen-bond acceptors (Lipinski definition) is 3. The molecule has 0 spiro atoms. The van der Waals surface area contributed by atoms with Crippen molar-refractivity contribution in [1.82, 2.24) is 10.3 Å². The number of aliphatic hydroxyl groups excluding tert-OH is 1. The predicted molar refractivity (Wildman–Crippen MR) is 69.3 cm³/mol. The second-order valence-corrected chi connectivity index (χ2v) is 5.07. The highest BCUT2D eigenvalue weighted by Gasteiger charge is 2.19. The highest BCUT2D eigenvalue weighted by atomic mass is 16.3. The third-order valence-electron chi connectivity index (χ3n) is 3.53. The van der Waals surface area contributed by atoms with Gasteiger partial charge in [0.05, 0.1) is 6.10 Å². The van der Waals surface area contributed by atoms with Gasteiger partial charge >= 0.3 is 0 Å². The van der Waals surface area contributed by atoms with E-state index < -0.39 is 0 Å². The summed E-state index contributed by atoms with van der Waals surface area (Å²) >= 11 is 0. The molecule has 2 N–H and O–H groups in total. The van der Waals surface area contributed by atoms with Gasteiger partial charge in [-0.3, -0.25) is 9.78 Å². The van der Waals surface area contributed by atoms with Crippen molar-refractivity contribution < 1.29 is 9.90 Å². The SMILES string of the molecule is Cc1cc(C(=O)NCC2CCC(O)CC2)ccn1. The first-order chi connectivity index (χ1) is 8.65. The van der Waals surface area contributed by atoms with Crippen LogP contribution in [-0.2, 0) is 0 Å². The van der Waals surface area contributed by atoms with Crippen LogP contribution in [0.15, 0.2) is 18.3 Å². The molecule has 1 fully saturated rings. The van der Waals surface area contributed by atoms with E-state index in [1.165, 1.54) is 0 Å². The lowest BCUT2D eigenvalue weighted by molar-refractivity contribution is 0.0910. The standard InChI is InChI=1S/C14H20N2O2/c1-10-8-12(6-7-15-10)14(18)16-9-11-2-4-13(17)5-3-11/h6-8,11,13,17H,2-5,9H2,1H3,(H,16,18). The Kier molecular flexibility index (Phi) is 4.31. The molecule has 0 aliphatic heterocycles. The molecule has 1 amide bonds. The van der Waals surface area contributed by atoms with Gasteiger partial charge in [-0.1, -0.05) is 0 Å². The molecule has 1 saturated carbocycles. The Bertz CT molecular complexity index is 412. The van der Waals surface area contributed by atoms with E-state index in [1.807, 2.05) is 6.92 Å². The number of hydrogen-bond donors (Lipinski definition) is 2. The summed E-state index contributed by atoms with van der Waals surface area (Å²) in [5, 5.41) is 12.4. The second kappa shape index (κ2) is 5.96. The Hall–Kier alpha value is -1.42. The lowest BCUT2D eigenvalue weighted by atomic mass is 9.87. The van der Waals surface area contributed by atoms with Gasteiger partial charge in [0, 0.05) is 24.0 Å². The number of nitrogens with one attached hydrogen (secondary N) is 1. The monoisotopic (exact) mass is 248 g/mol. The van der Waals surface area contributed by atoms with E-state index in [-0.39, 0.29) is 12.0 Å². The molecule has 18 heavy (non-hydrogen) atoms. The number of carbonyl (C=O) groups excluding carboxylic acids is 1. The molecule has 98 valence electrons. The molecule has 4 nitrogen and oxygen atoms in total. The highest BCUT2D eigenvalue weighted by Crippen LogP contribution is 2.23. The molecule has 1 aromatic heterocycles. The Morgan fingerprint density at radius 1 is 1.44 bits per heavy atom. The minimum atomic E-state index is -0.139. The van der Waals surface area contributed by atoms with Crippen LogP contribution in [0.5, 0.6) is 0 Å². The molecule has 0 atom stereocenters. The van der Waals surface area contributed by atoms with Crippen molar-refractivity contribution in [3.63, 3.8) is 0 Å². The predicted octanol–water partition coefficient (Wildman–Crippen LogP) is 1.67. The number of rotatable bonds is 3. The molecule has 1 heterocycles. The quantitative estimate of drug-likeness (QED) is 0.855. The van der Waals surface area contributed by atoms with E-state index in [4.69, 9.17) is 0 Å². The zero-order valence-corrected chi connectivity index (χ0v) is 10.7. The molecule has 0 radical (unpaired) electrons. The molecule has 0 unspecified atom stereocenters. The molecular formula is C14H20N2O2. The minimum Gasteiger partial charge on any atom is -0.393 e. The first-order valence-electron chi connectivity index (χ1n) is 6.54. The molecule has 1 aliphatic rings. The molecule has 1 aromatic rings. The van der Waals surface area contributed by atoms with Gasteiger partial charge in [-0.05, 0) is 50.7 Å². The number of amides is 1. The Morgan fingerprint density at radius 2 is 2.17 bits per heavy atom. The molecule has 1 aliphatic carbocycles. The lowest BCUT2D eigenvalue weighted by Crippen LogP contribution is -2.32. The molecule has 0 aromatic carbocycles. The van der Waals surface area contributed by atoms with Gasteiger partial charge < -0.3 is 10.4 Å². The van der Waals surface area contributed by atoms with Crippen molar-refractivity contribution in [1.29, 1.82) is 0 Å². The fourth-order valence-corrected chi connectivity index (χ4v) is 2.37. The number of nitrogens with zero attached hydrogens (tertiary/aromatic N) is 1. The first kappa shape index (κ1) is 13.0. The van der Waals surface area contributed by atoms with Crippen molar-refractivity contribution in [2.45, 2.75) is 38.7 Å². The highest BCUT2D eigenvalue weighted by molar-refractivity contribution is 5.94. The molecular weight excluding hydrogens is 228 g/mol. The van der Waals surface area contributed by atoms with Gasteiger partial charge in [0.25, 0.3) is 5.91 Å². The molecule has 4 heteroatoms. The number of pyridine rings is 1. The van der Waals surface area contributed by atoms with E-state index in [0.717, 1.165) is 31.4 Å². The maximum absolute atomic E-state index is 11.9. The topological polar surface area (TPSA) is 62.2 Å². The number of aryl methyl sites for hydroxylation is 1. The summed E-state index contributed by atoms with van der Waals surface area (Å²) in [6.07, 6.45) is 5.22. The molecule has 2 rings (SSSR count). The van der Waals surface area contributed by atoms with E-state index in [9.17, 15) is 9.90 Å². The van der Waals surface area contributed by atoms with Crippen LogP contribution in [-0.4, -0.2) is 28.6 Å². The maximum atomic E-state index is 11.9. The van der Waals surface area contributed by atoms with Crippen LogP contribution in [0.4, 0.5) is 0 Å². The molecule has 0 saturated heterocycles. The van der Waals surface area contributed by atoms with Gasteiger partial charge in [0.15, 0.2) is 0 Å². The van der Waals surface area contributed by atoms with Crippen LogP contribution in [0, 0.1) is 12.8 Å². The van der Waals surface area contributed by atoms with Gasteiger partial charge in [0.1, 0.15) is 0 Å². The normalized spacial score (nSPS) is 23.7. The fraction of sp³-hybridized carbons (Fsp3) is 0.571. The summed E-state index contributed by atoms with van der Waals surface area (Å²) in [6.45, 7) is 2.58. The summed E-state index contributed by atoms with van der Waals surface area (Å²) in [6, 6.07) is 3.52. The zero-order valence-electron chi connectivity index (χ0n) is 10.7. The van der Waals surface area contributed by atoms with E-state index in [0.29, 0.717) is 18.0 Å². The summed E-state index contributed by atoms with van der Waals surface area (Å²) in [4.78, 5) is 16.0. The number of aromatic nitrogens is 1. The lowest BCUT2D eigenvalue weighted by Gasteiger charge is -2.25. The van der Waals surface area contributed by atoms with Crippen LogP contribution < -0.4 is 5.32 Å². The van der Waals surface area contributed by atoms with E-state index in [1.54, 1.807) is 18.3 Å². The number of carbonyl (C=O) groups is 1. The van der Waals surface area contributed by atoms with Crippen LogP contribution in [0.1, 0.15) is 41.7 Å². The van der Waals surface area contributed by atoms with Crippen LogP contribution in [0.2, 0.25) is 0 Å². The smallest absolute Gasteiger partial charge is 0.251 e. The fourth-order valence-electron chi connectivity index (χ4n) is 2.37. The summed E-state index contributed by atoms with van der Waals surface area (Å²) < 4.78 is 0. The largest absolute Gasteiger partial charge is 0.393 e. The maximum Gasteiger partial charge on any atom is 0.251 e. The van der Waals surface area contributed by atoms with E-state index >= 15 is 0 Å². The van der Waals surface area contributed by atoms with Crippen LogP contribution in [0.3, 0.4) is 0 Å². The zero-order chi connectivity index (χ0) is 13.0. The van der Waals surface area contributed by atoms with Gasteiger partial charge in [-0.2, -0.15) is 0 Å². The van der Waals surface area contributed by atoms with E-state index in [2.05, 4.69) is 10.3 Å². The third-order valence-corrected chi connectivity index (χ3v) is 3.53. The third kappa shape index (κ3) is 3.53. The summed E-state index contributed by atoms with van der Waals surface area (Å²) in [5.41, 5.74) is 1.52. The van der Waals surface area contributed by atoms with Crippen LogP contribution in [0.25, 0.3) is 0 Å². The Morgan fingerprint density at radius 3 is 2.83 bits per heavy atom. The van der Waals surface area contributed by atoms with Gasteiger partial charge in [0.2, 0.25) is 0 Å². The average Bonchev–Trinajstić information content (AvgIpc) is 2.38. The van der Waals surface area contributed by atoms with Crippen molar-refractivity contribution in [3.8, 4) is 0 Å². The van der Waals surface area contributed by atoms with Crippen molar-refractivity contribution in [3.05, 3.63) is 29.6 Å².